The average molecular weight is 273 g/mol. The number of benzene rings is 1. The Morgan fingerprint density at radius 2 is 2.00 bits per heavy atom. The molecule has 1 aliphatic rings. The van der Waals surface area contributed by atoms with Crippen molar-refractivity contribution in [1.82, 2.24) is 0 Å². The van der Waals surface area contributed by atoms with Gasteiger partial charge >= 0.3 is 6.18 Å². The molecule has 0 spiro atoms. The largest absolute Gasteiger partial charge is 0.416 e. The second kappa shape index (κ2) is 5.92. The normalized spacial score (nSPS) is 22.2. The fourth-order valence-corrected chi connectivity index (χ4v) is 2.48. The van der Waals surface area contributed by atoms with Gasteiger partial charge in [-0.25, -0.2) is 0 Å². The molecule has 2 N–H and O–H groups in total. The molecule has 2 rings (SSSR count). The predicted octanol–water partition coefficient (Wildman–Crippen LogP) is 3.66. The Labute approximate surface area is 110 Å². The summed E-state index contributed by atoms with van der Waals surface area (Å²) in [6.45, 7) is 0.679. The lowest BCUT2D eigenvalue weighted by atomic mass is 9.94. The molecule has 1 heterocycles. The average Bonchev–Trinajstić information content (AvgIpc) is 2.39. The van der Waals surface area contributed by atoms with Crippen LogP contribution in [0.3, 0.4) is 0 Å². The monoisotopic (exact) mass is 273 g/mol. The number of halogens is 3. The molecule has 19 heavy (non-hydrogen) atoms. The van der Waals surface area contributed by atoms with Crippen LogP contribution in [-0.2, 0) is 10.9 Å². The lowest BCUT2D eigenvalue weighted by Crippen LogP contribution is -2.26. The second-order valence-corrected chi connectivity index (χ2v) is 4.92. The molecular formula is C14H18F3NO. The molecule has 2 nitrogen and oxygen atoms in total. The van der Waals surface area contributed by atoms with Gasteiger partial charge in [0.25, 0.3) is 0 Å². The zero-order valence-corrected chi connectivity index (χ0v) is 10.6. The second-order valence-electron chi connectivity index (χ2n) is 4.92. The Morgan fingerprint density at radius 1 is 1.26 bits per heavy atom. The quantitative estimate of drug-likeness (QED) is 0.912. The van der Waals surface area contributed by atoms with E-state index in [1.807, 2.05) is 0 Å². The first-order valence-corrected chi connectivity index (χ1v) is 6.52. The molecule has 2 atom stereocenters. The first kappa shape index (κ1) is 14.3. The van der Waals surface area contributed by atoms with Crippen molar-refractivity contribution in [2.24, 2.45) is 5.73 Å². The minimum absolute atomic E-state index is 0.0231. The van der Waals surface area contributed by atoms with E-state index in [1.54, 1.807) is 6.07 Å². The van der Waals surface area contributed by atoms with Gasteiger partial charge in [-0.3, -0.25) is 0 Å². The molecule has 0 bridgehead atoms. The van der Waals surface area contributed by atoms with Crippen LogP contribution >= 0.6 is 0 Å². The van der Waals surface area contributed by atoms with Crippen LogP contribution in [0.1, 0.15) is 42.9 Å². The Hall–Kier alpha value is -1.07. The maximum atomic E-state index is 12.9. The summed E-state index contributed by atoms with van der Waals surface area (Å²) in [5, 5.41) is 0. The minimum atomic E-state index is -4.36. The number of alkyl halides is 3. The van der Waals surface area contributed by atoms with Crippen molar-refractivity contribution in [3.63, 3.8) is 0 Å². The van der Waals surface area contributed by atoms with E-state index in [0.29, 0.717) is 13.0 Å². The van der Waals surface area contributed by atoms with Crippen LogP contribution in [-0.4, -0.2) is 12.7 Å². The van der Waals surface area contributed by atoms with Crippen molar-refractivity contribution < 1.29 is 17.9 Å². The summed E-state index contributed by atoms with van der Waals surface area (Å²) in [5.41, 5.74) is 5.46. The van der Waals surface area contributed by atoms with Crippen LogP contribution in [0.2, 0.25) is 0 Å². The molecule has 106 valence electrons. The van der Waals surface area contributed by atoms with Gasteiger partial charge in [-0.15, -0.1) is 0 Å². The van der Waals surface area contributed by atoms with Crippen LogP contribution in [0.25, 0.3) is 0 Å². The van der Waals surface area contributed by atoms with Crippen LogP contribution in [0.4, 0.5) is 13.2 Å². The molecule has 1 aromatic carbocycles. The van der Waals surface area contributed by atoms with Gasteiger partial charge in [-0.05, 0) is 37.3 Å². The first-order chi connectivity index (χ1) is 8.98. The van der Waals surface area contributed by atoms with Gasteiger partial charge in [0.2, 0.25) is 0 Å². The summed E-state index contributed by atoms with van der Waals surface area (Å²) < 4.78 is 44.2. The summed E-state index contributed by atoms with van der Waals surface area (Å²) in [4.78, 5) is 0. The third-order valence-electron chi connectivity index (χ3n) is 3.46. The van der Waals surface area contributed by atoms with E-state index in [2.05, 4.69) is 0 Å². The number of rotatable bonds is 3. The number of ether oxygens (including phenoxy) is 1. The summed E-state index contributed by atoms with van der Waals surface area (Å²) in [6.07, 6.45) is -0.996. The van der Waals surface area contributed by atoms with E-state index in [1.165, 1.54) is 12.1 Å². The third kappa shape index (κ3) is 3.70. The fourth-order valence-electron chi connectivity index (χ4n) is 2.48. The fraction of sp³-hybridized carbons (Fsp3) is 0.571. The van der Waals surface area contributed by atoms with E-state index in [4.69, 9.17) is 10.5 Å². The highest BCUT2D eigenvalue weighted by atomic mass is 19.4. The number of hydrogen-bond donors (Lipinski definition) is 1. The molecule has 0 amide bonds. The molecule has 1 aliphatic heterocycles. The highest BCUT2D eigenvalue weighted by Crippen LogP contribution is 2.35. The van der Waals surface area contributed by atoms with Gasteiger partial charge in [0.1, 0.15) is 0 Å². The Bertz CT molecular complexity index is 413. The summed E-state index contributed by atoms with van der Waals surface area (Å²) >= 11 is 0. The topological polar surface area (TPSA) is 35.2 Å². The SMILES string of the molecule is NC(CC1CCCCO1)c1ccccc1C(F)(F)F. The van der Waals surface area contributed by atoms with Crippen molar-refractivity contribution in [1.29, 1.82) is 0 Å². The lowest BCUT2D eigenvalue weighted by molar-refractivity contribution is -0.138. The molecular weight excluding hydrogens is 255 g/mol. The van der Waals surface area contributed by atoms with Crippen LogP contribution in [0, 0.1) is 0 Å². The summed E-state index contributed by atoms with van der Waals surface area (Å²) in [7, 11) is 0. The van der Waals surface area contributed by atoms with Gasteiger partial charge < -0.3 is 10.5 Å². The molecule has 2 unspecified atom stereocenters. The molecule has 0 aromatic heterocycles. The van der Waals surface area contributed by atoms with Crippen molar-refractivity contribution in [3.05, 3.63) is 35.4 Å². The smallest absolute Gasteiger partial charge is 0.378 e. The Morgan fingerprint density at radius 3 is 2.63 bits per heavy atom. The molecule has 5 heteroatoms. The Kier molecular flexibility index (Phi) is 4.47. The van der Waals surface area contributed by atoms with E-state index < -0.39 is 17.8 Å². The van der Waals surface area contributed by atoms with Gasteiger partial charge in [-0.1, -0.05) is 18.2 Å². The van der Waals surface area contributed by atoms with Crippen LogP contribution in [0.5, 0.6) is 0 Å². The molecule has 1 fully saturated rings. The predicted molar refractivity (Wildman–Crippen MR) is 66.6 cm³/mol. The van der Waals surface area contributed by atoms with Gasteiger partial charge in [0.15, 0.2) is 0 Å². The van der Waals surface area contributed by atoms with E-state index in [-0.39, 0.29) is 11.7 Å². The van der Waals surface area contributed by atoms with Crippen LogP contribution < -0.4 is 5.73 Å². The van der Waals surface area contributed by atoms with Gasteiger partial charge in [-0.2, -0.15) is 13.2 Å². The molecule has 0 radical (unpaired) electrons. The molecule has 0 saturated carbocycles. The third-order valence-corrected chi connectivity index (χ3v) is 3.46. The Balaban J connectivity index is 2.12. The highest BCUT2D eigenvalue weighted by molar-refractivity contribution is 5.32. The zero-order chi connectivity index (χ0) is 13.9. The highest BCUT2D eigenvalue weighted by Gasteiger charge is 2.34. The minimum Gasteiger partial charge on any atom is -0.378 e. The zero-order valence-electron chi connectivity index (χ0n) is 10.6. The summed E-state index contributed by atoms with van der Waals surface area (Å²) in [5.74, 6) is 0. The number of nitrogens with two attached hydrogens (primary N) is 1. The van der Waals surface area contributed by atoms with E-state index in [0.717, 1.165) is 25.3 Å². The lowest BCUT2D eigenvalue weighted by Gasteiger charge is -2.26. The maximum absolute atomic E-state index is 12.9. The molecule has 1 aromatic rings. The van der Waals surface area contributed by atoms with Gasteiger partial charge in [0.05, 0.1) is 11.7 Å². The first-order valence-electron chi connectivity index (χ1n) is 6.52. The van der Waals surface area contributed by atoms with Crippen molar-refractivity contribution >= 4 is 0 Å². The van der Waals surface area contributed by atoms with E-state index in [9.17, 15) is 13.2 Å². The summed E-state index contributed by atoms with van der Waals surface area (Å²) in [6, 6.07) is 4.87. The van der Waals surface area contributed by atoms with E-state index >= 15 is 0 Å². The molecule has 1 saturated heterocycles. The maximum Gasteiger partial charge on any atom is 0.416 e. The van der Waals surface area contributed by atoms with Crippen molar-refractivity contribution in [2.45, 2.75) is 44.0 Å². The van der Waals surface area contributed by atoms with Crippen molar-refractivity contribution in [2.75, 3.05) is 6.61 Å². The van der Waals surface area contributed by atoms with Crippen LogP contribution in [0.15, 0.2) is 24.3 Å². The standard InChI is InChI=1S/C14H18F3NO/c15-14(16,17)12-7-2-1-6-11(12)13(18)9-10-5-3-4-8-19-10/h1-2,6-7,10,13H,3-5,8-9,18H2. The van der Waals surface area contributed by atoms with Crippen molar-refractivity contribution in [3.8, 4) is 0 Å². The number of hydrogen-bond acceptors (Lipinski definition) is 2. The molecule has 0 aliphatic carbocycles. The van der Waals surface area contributed by atoms with Gasteiger partial charge in [0, 0.05) is 12.6 Å².